The van der Waals surface area contributed by atoms with E-state index in [2.05, 4.69) is 17.6 Å². The average molecular weight is 396 g/mol. The Hall–Kier alpha value is -2.08. The summed E-state index contributed by atoms with van der Waals surface area (Å²) in [6.45, 7) is 2.56. The summed E-state index contributed by atoms with van der Waals surface area (Å²) in [7, 11) is 0. The van der Waals surface area contributed by atoms with Crippen LogP contribution in [-0.4, -0.2) is 30.3 Å². The van der Waals surface area contributed by atoms with Crippen LogP contribution < -0.4 is 16.4 Å². The van der Waals surface area contributed by atoms with Crippen molar-refractivity contribution in [1.29, 1.82) is 0 Å². The van der Waals surface area contributed by atoms with E-state index in [1.165, 1.54) is 0 Å². The molecular weight excluding hydrogens is 366 g/mol. The summed E-state index contributed by atoms with van der Waals surface area (Å²) in [6.07, 6.45) is 5.97. The molecule has 0 radical (unpaired) electrons. The SMILES string of the molecule is CCCCCCCC(=O)N[C@H](CC(=O)NCCc1ccc(Cl)cc1)C(N)=O. The number of nitrogens with one attached hydrogen (secondary N) is 2. The summed E-state index contributed by atoms with van der Waals surface area (Å²) >= 11 is 5.83. The van der Waals surface area contributed by atoms with Crippen LogP contribution in [0.25, 0.3) is 0 Å². The van der Waals surface area contributed by atoms with E-state index in [0.717, 1.165) is 37.7 Å². The molecule has 1 aromatic carbocycles. The van der Waals surface area contributed by atoms with Gasteiger partial charge in [-0.3, -0.25) is 14.4 Å². The van der Waals surface area contributed by atoms with E-state index in [-0.39, 0.29) is 18.2 Å². The highest BCUT2D eigenvalue weighted by Gasteiger charge is 2.21. The Labute approximate surface area is 166 Å². The van der Waals surface area contributed by atoms with Gasteiger partial charge in [-0.05, 0) is 30.5 Å². The zero-order valence-electron chi connectivity index (χ0n) is 15.9. The Morgan fingerprint density at radius 3 is 2.33 bits per heavy atom. The fourth-order valence-corrected chi connectivity index (χ4v) is 2.76. The van der Waals surface area contributed by atoms with Gasteiger partial charge in [0.1, 0.15) is 6.04 Å². The lowest BCUT2D eigenvalue weighted by Crippen LogP contribution is -2.47. The minimum atomic E-state index is -0.983. The van der Waals surface area contributed by atoms with E-state index in [0.29, 0.717) is 24.4 Å². The van der Waals surface area contributed by atoms with Gasteiger partial charge in [0.05, 0.1) is 6.42 Å². The normalized spacial score (nSPS) is 11.6. The van der Waals surface area contributed by atoms with E-state index in [9.17, 15) is 14.4 Å². The number of hydrogen-bond acceptors (Lipinski definition) is 3. The maximum absolute atomic E-state index is 12.0. The van der Waals surface area contributed by atoms with Crippen LogP contribution >= 0.6 is 11.6 Å². The topological polar surface area (TPSA) is 101 Å². The molecular formula is C20H30ClN3O3. The Morgan fingerprint density at radius 1 is 1.04 bits per heavy atom. The number of unbranched alkanes of at least 4 members (excludes halogenated alkanes) is 4. The molecule has 3 amide bonds. The van der Waals surface area contributed by atoms with Crippen molar-refractivity contribution >= 4 is 29.3 Å². The predicted octanol–water partition coefficient (Wildman–Crippen LogP) is 2.72. The molecule has 1 rings (SSSR count). The van der Waals surface area contributed by atoms with Crippen molar-refractivity contribution in [2.75, 3.05) is 6.54 Å². The average Bonchev–Trinajstić information content (AvgIpc) is 2.62. The molecule has 0 bridgehead atoms. The van der Waals surface area contributed by atoms with Gasteiger partial charge < -0.3 is 16.4 Å². The summed E-state index contributed by atoms with van der Waals surface area (Å²) < 4.78 is 0. The number of rotatable bonds is 13. The lowest BCUT2D eigenvalue weighted by molar-refractivity contribution is -0.130. The van der Waals surface area contributed by atoms with Crippen molar-refractivity contribution in [2.45, 2.75) is 64.3 Å². The summed E-state index contributed by atoms with van der Waals surface area (Å²) in [6, 6.07) is 6.38. The maximum Gasteiger partial charge on any atom is 0.240 e. The summed E-state index contributed by atoms with van der Waals surface area (Å²) in [4.78, 5) is 35.5. The Balaban J connectivity index is 2.31. The fourth-order valence-electron chi connectivity index (χ4n) is 2.63. The third kappa shape index (κ3) is 10.6. The van der Waals surface area contributed by atoms with E-state index in [1.807, 2.05) is 12.1 Å². The molecule has 0 aliphatic heterocycles. The van der Waals surface area contributed by atoms with Crippen molar-refractivity contribution in [3.8, 4) is 0 Å². The molecule has 4 N–H and O–H groups in total. The second-order valence-electron chi connectivity index (χ2n) is 6.62. The molecule has 0 spiro atoms. The zero-order chi connectivity index (χ0) is 20.1. The molecule has 0 aromatic heterocycles. The molecule has 0 unspecified atom stereocenters. The maximum atomic E-state index is 12.0. The largest absolute Gasteiger partial charge is 0.368 e. The molecule has 1 atom stereocenters. The quantitative estimate of drug-likeness (QED) is 0.447. The number of halogens is 1. The van der Waals surface area contributed by atoms with Crippen LogP contribution in [-0.2, 0) is 20.8 Å². The lowest BCUT2D eigenvalue weighted by Gasteiger charge is -2.15. The van der Waals surface area contributed by atoms with E-state index in [4.69, 9.17) is 17.3 Å². The van der Waals surface area contributed by atoms with Gasteiger partial charge in [0.25, 0.3) is 0 Å². The second-order valence-corrected chi connectivity index (χ2v) is 7.05. The van der Waals surface area contributed by atoms with E-state index >= 15 is 0 Å². The smallest absolute Gasteiger partial charge is 0.240 e. The van der Waals surface area contributed by atoms with Gasteiger partial charge in [0, 0.05) is 18.0 Å². The molecule has 6 nitrogen and oxygen atoms in total. The number of hydrogen-bond donors (Lipinski definition) is 3. The minimum absolute atomic E-state index is 0.155. The minimum Gasteiger partial charge on any atom is -0.368 e. The highest BCUT2D eigenvalue weighted by atomic mass is 35.5. The van der Waals surface area contributed by atoms with Crippen molar-refractivity contribution in [3.05, 3.63) is 34.9 Å². The van der Waals surface area contributed by atoms with Gasteiger partial charge in [-0.2, -0.15) is 0 Å². The molecule has 0 heterocycles. The molecule has 1 aromatic rings. The number of carbonyl (C=O) groups excluding carboxylic acids is 3. The molecule has 7 heteroatoms. The molecule has 0 saturated heterocycles. The Bertz CT molecular complexity index is 605. The van der Waals surface area contributed by atoms with E-state index in [1.54, 1.807) is 12.1 Å². The number of carbonyl (C=O) groups is 3. The first-order valence-corrected chi connectivity index (χ1v) is 9.90. The predicted molar refractivity (Wildman–Crippen MR) is 107 cm³/mol. The number of nitrogens with two attached hydrogens (primary N) is 1. The number of amides is 3. The van der Waals surface area contributed by atoms with Gasteiger partial charge >= 0.3 is 0 Å². The Morgan fingerprint density at radius 2 is 1.70 bits per heavy atom. The first-order chi connectivity index (χ1) is 12.9. The Kier molecular flexibility index (Phi) is 11.2. The van der Waals surface area contributed by atoms with Gasteiger partial charge in [0.2, 0.25) is 17.7 Å². The second kappa shape index (κ2) is 13.1. The van der Waals surface area contributed by atoms with Crippen LogP contribution in [0.2, 0.25) is 5.02 Å². The highest BCUT2D eigenvalue weighted by Crippen LogP contribution is 2.09. The van der Waals surface area contributed by atoms with Crippen LogP contribution in [0.1, 0.15) is 57.4 Å². The van der Waals surface area contributed by atoms with Crippen LogP contribution in [0.5, 0.6) is 0 Å². The lowest BCUT2D eigenvalue weighted by atomic mass is 10.1. The summed E-state index contributed by atoms with van der Waals surface area (Å²) in [5, 5.41) is 5.96. The summed E-state index contributed by atoms with van der Waals surface area (Å²) in [5.41, 5.74) is 6.36. The number of benzene rings is 1. The summed E-state index contributed by atoms with van der Waals surface area (Å²) in [5.74, 6) is -1.28. The van der Waals surface area contributed by atoms with Crippen molar-refractivity contribution in [3.63, 3.8) is 0 Å². The van der Waals surface area contributed by atoms with Crippen molar-refractivity contribution < 1.29 is 14.4 Å². The van der Waals surface area contributed by atoms with Gasteiger partial charge in [0.15, 0.2) is 0 Å². The molecule has 0 fully saturated rings. The molecule has 27 heavy (non-hydrogen) atoms. The monoisotopic (exact) mass is 395 g/mol. The first kappa shape index (κ1) is 23.0. The van der Waals surface area contributed by atoms with Crippen molar-refractivity contribution in [1.82, 2.24) is 10.6 Å². The highest BCUT2D eigenvalue weighted by molar-refractivity contribution is 6.30. The van der Waals surface area contributed by atoms with Crippen LogP contribution in [0.3, 0.4) is 0 Å². The van der Waals surface area contributed by atoms with Gasteiger partial charge in [-0.1, -0.05) is 56.3 Å². The third-order valence-corrected chi connectivity index (χ3v) is 4.48. The molecule has 0 aliphatic carbocycles. The van der Waals surface area contributed by atoms with Crippen molar-refractivity contribution in [2.24, 2.45) is 5.73 Å². The standard InChI is InChI=1S/C20H30ClN3O3/c1-2-3-4-5-6-7-18(25)24-17(20(22)27)14-19(26)23-13-12-15-8-10-16(21)11-9-15/h8-11,17H,2-7,12-14H2,1H3,(H2,22,27)(H,23,26)(H,24,25)/t17-/m1/s1. The fraction of sp³-hybridized carbons (Fsp3) is 0.550. The zero-order valence-corrected chi connectivity index (χ0v) is 16.7. The first-order valence-electron chi connectivity index (χ1n) is 9.52. The van der Waals surface area contributed by atoms with Crippen LogP contribution in [0.15, 0.2) is 24.3 Å². The van der Waals surface area contributed by atoms with Gasteiger partial charge in [-0.15, -0.1) is 0 Å². The third-order valence-electron chi connectivity index (χ3n) is 4.22. The molecule has 150 valence electrons. The van der Waals surface area contributed by atoms with Crippen LogP contribution in [0.4, 0.5) is 0 Å². The van der Waals surface area contributed by atoms with E-state index < -0.39 is 11.9 Å². The molecule has 0 aliphatic rings. The van der Waals surface area contributed by atoms with Crippen LogP contribution in [0, 0.1) is 0 Å². The van der Waals surface area contributed by atoms with Gasteiger partial charge in [-0.25, -0.2) is 0 Å². The molecule has 0 saturated carbocycles. The number of primary amides is 1.